The second kappa shape index (κ2) is 6.67. The number of anilines is 1. The number of nitrogen functional groups attached to an aromatic ring is 1. The van der Waals surface area contributed by atoms with Crippen LogP contribution in [0.3, 0.4) is 0 Å². The van der Waals surface area contributed by atoms with Crippen molar-refractivity contribution in [2.45, 2.75) is 18.2 Å². The third-order valence-corrected chi connectivity index (χ3v) is 4.42. The number of halogens is 1. The SMILES string of the molecule is CCCNC(=O)CN(C)S(=O)(=O)c1ccc(N)c(F)c1. The Kier molecular flexibility index (Phi) is 5.46. The average Bonchev–Trinajstić information content (AvgIpc) is 2.39. The van der Waals surface area contributed by atoms with Crippen LogP contribution in [-0.4, -0.2) is 38.8 Å². The number of benzene rings is 1. The maximum Gasteiger partial charge on any atom is 0.243 e. The van der Waals surface area contributed by atoms with Crippen molar-refractivity contribution in [2.24, 2.45) is 0 Å². The lowest BCUT2D eigenvalue weighted by Crippen LogP contribution is -2.38. The molecular formula is C12H18FN3O3S. The summed E-state index contributed by atoms with van der Waals surface area (Å²) in [6, 6.07) is 3.21. The monoisotopic (exact) mass is 303 g/mol. The zero-order valence-corrected chi connectivity index (χ0v) is 12.2. The van der Waals surface area contributed by atoms with E-state index in [1.165, 1.54) is 19.2 Å². The number of sulfonamides is 1. The summed E-state index contributed by atoms with van der Waals surface area (Å²) in [7, 11) is -2.66. The van der Waals surface area contributed by atoms with E-state index >= 15 is 0 Å². The minimum atomic E-state index is -3.92. The molecule has 0 radical (unpaired) electrons. The molecule has 0 atom stereocenters. The number of carbonyl (C=O) groups excluding carboxylic acids is 1. The fourth-order valence-corrected chi connectivity index (χ4v) is 2.60. The predicted octanol–water partition coefficient (Wildman–Crippen LogP) is 0.555. The standard InChI is InChI=1S/C12H18FN3O3S/c1-3-6-15-12(17)8-16(2)20(18,19)9-4-5-11(14)10(13)7-9/h4-5,7H,3,6,8,14H2,1-2H3,(H,15,17). The lowest BCUT2D eigenvalue weighted by Gasteiger charge is -2.17. The van der Waals surface area contributed by atoms with Gasteiger partial charge in [-0.1, -0.05) is 6.92 Å². The quantitative estimate of drug-likeness (QED) is 0.751. The summed E-state index contributed by atoms with van der Waals surface area (Å²) in [6.07, 6.45) is 0.755. The summed E-state index contributed by atoms with van der Waals surface area (Å²) in [5, 5.41) is 2.57. The van der Waals surface area contributed by atoms with Crippen molar-refractivity contribution in [1.29, 1.82) is 0 Å². The molecule has 0 aromatic heterocycles. The minimum absolute atomic E-state index is 0.132. The van der Waals surface area contributed by atoms with Crippen LogP contribution in [0.25, 0.3) is 0 Å². The molecule has 0 bridgehead atoms. The number of nitrogens with two attached hydrogens (primary N) is 1. The molecular weight excluding hydrogens is 285 g/mol. The molecule has 112 valence electrons. The highest BCUT2D eigenvalue weighted by Gasteiger charge is 2.23. The smallest absolute Gasteiger partial charge is 0.243 e. The van der Waals surface area contributed by atoms with Gasteiger partial charge in [-0.25, -0.2) is 12.8 Å². The maximum absolute atomic E-state index is 13.3. The highest BCUT2D eigenvalue weighted by molar-refractivity contribution is 7.89. The van der Waals surface area contributed by atoms with Gasteiger partial charge in [0.1, 0.15) is 5.82 Å². The molecule has 1 aromatic rings. The van der Waals surface area contributed by atoms with E-state index in [0.29, 0.717) is 6.54 Å². The van der Waals surface area contributed by atoms with Crippen LogP contribution < -0.4 is 11.1 Å². The summed E-state index contributed by atoms with van der Waals surface area (Å²) >= 11 is 0. The third-order valence-electron chi connectivity index (χ3n) is 2.62. The molecule has 8 heteroatoms. The molecule has 0 heterocycles. The van der Waals surface area contributed by atoms with Crippen molar-refractivity contribution in [3.8, 4) is 0 Å². The van der Waals surface area contributed by atoms with Gasteiger partial charge in [0.15, 0.2) is 0 Å². The molecule has 0 fully saturated rings. The molecule has 0 unspecified atom stereocenters. The molecule has 0 aliphatic heterocycles. The topological polar surface area (TPSA) is 92.5 Å². The van der Waals surface area contributed by atoms with Crippen LogP contribution in [0.4, 0.5) is 10.1 Å². The van der Waals surface area contributed by atoms with Crippen LogP contribution in [0.15, 0.2) is 23.1 Å². The molecule has 0 aliphatic carbocycles. The Hall–Kier alpha value is -1.67. The van der Waals surface area contributed by atoms with Gasteiger partial charge in [-0.05, 0) is 24.6 Å². The zero-order chi connectivity index (χ0) is 15.3. The van der Waals surface area contributed by atoms with Crippen molar-refractivity contribution >= 4 is 21.6 Å². The van der Waals surface area contributed by atoms with Crippen molar-refractivity contribution in [3.05, 3.63) is 24.0 Å². The Morgan fingerprint density at radius 3 is 2.65 bits per heavy atom. The highest BCUT2D eigenvalue weighted by Crippen LogP contribution is 2.18. The molecule has 1 amide bonds. The summed E-state index contributed by atoms with van der Waals surface area (Å²) < 4.78 is 38.5. The molecule has 0 saturated heterocycles. The van der Waals surface area contributed by atoms with Gasteiger partial charge in [0.25, 0.3) is 0 Å². The van der Waals surface area contributed by atoms with Crippen LogP contribution >= 0.6 is 0 Å². The fraction of sp³-hybridized carbons (Fsp3) is 0.417. The van der Waals surface area contributed by atoms with Crippen molar-refractivity contribution < 1.29 is 17.6 Å². The first-order valence-electron chi connectivity index (χ1n) is 6.07. The van der Waals surface area contributed by atoms with Crippen LogP contribution in [0.2, 0.25) is 0 Å². The van der Waals surface area contributed by atoms with E-state index in [1.54, 1.807) is 0 Å². The number of hydrogen-bond donors (Lipinski definition) is 2. The third kappa shape index (κ3) is 3.91. The molecule has 1 rings (SSSR count). The first-order chi connectivity index (χ1) is 9.28. The first kappa shape index (κ1) is 16.4. The largest absolute Gasteiger partial charge is 0.396 e. The summed E-state index contributed by atoms with van der Waals surface area (Å²) in [6.45, 7) is 2.04. The van der Waals surface area contributed by atoms with Gasteiger partial charge >= 0.3 is 0 Å². The second-order valence-corrected chi connectivity index (χ2v) is 6.34. The first-order valence-corrected chi connectivity index (χ1v) is 7.51. The van der Waals surface area contributed by atoms with E-state index in [4.69, 9.17) is 5.73 Å². The number of rotatable bonds is 6. The summed E-state index contributed by atoms with van der Waals surface area (Å²) in [5.74, 6) is -1.22. The lowest BCUT2D eigenvalue weighted by molar-refractivity contribution is -0.121. The zero-order valence-electron chi connectivity index (χ0n) is 11.4. The van der Waals surface area contributed by atoms with E-state index in [9.17, 15) is 17.6 Å². The minimum Gasteiger partial charge on any atom is -0.396 e. The molecule has 3 N–H and O–H groups in total. The van der Waals surface area contributed by atoms with Gasteiger partial charge in [-0.2, -0.15) is 4.31 Å². The van der Waals surface area contributed by atoms with E-state index in [-0.39, 0.29) is 17.1 Å². The van der Waals surface area contributed by atoms with Crippen LogP contribution in [-0.2, 0) is 14.8 Å². The number of likely N-dealkylation sites (N-methyl/N-ethyl adjacent to an activating group) is 1. The van der Waals surface area contributed by atoms with Gasteiger partial charge < -0.3 is 11.1 Å². The summed E-state index contributed by atoms with van der Waals surface area (Å²) in [4.78, 5) is 11.3. The Morgan fingerprint density at radius 2 is 2.10 bits per heavy atom. The van der Waals surface area contributed by atoms with Crippen molar-refractivity contribution in [1.82, 2.24) is 9.62 Å². The molecule has 0 spiro atoms. The normalized spacial score (nSPS) is 11.6. The van der Waals surface area contributed by atoms with Crippen molar-refractivity contribution in [3.63, 3.8) is 0 Å². The number of nitrogens with zero attached hydrogens (tertiary/aromatic N) is 1. The van der Waals surface area contributed by atoms with Gasteiger partial charge in [-0.15, -0.1) is 0 Å². The van der Waals surface area contributed by atoms with Crippen LogP contribution in [0.1, 0.15) is 13.3 Å². The molecule has 0 aliphatic rings. The van der Waals surface area contributed by atoms with Crippen LogP contribution in [0, 0.1) is 5.82 Å². The van der Waals surface area contributed by atoms with E-state index in [0.717, 1.165) is 16.8 Å². The lowest BCUT2D eigenvalue weighted by atomic mass is 10.3. The average molecular weight is 303 g/mol. The number of hydrogen-bond acceptors (Lipinski definition) is 4. The van der Waals surface area contributed by atoms with E-state index < -0.39 is 21.7 Å². The Bertz CT molecular complexity index is 590. The van der Waals surface area contributed by atoms with Gasteiger partial charge in [0, 0.05) is 13.6 Å². The molecule has 6 nitrogen and oxygen atoms in total. The van der Waals surface area contributed by atoms with Crippen molar-refractivity contribution in [2.75, 3.05) is 25.9 Å². The van der Waals surface area contributed by atoms with Gasteiger partial charge in [0.2, 0.25) is 15.9 Å². The highest BCUT2D eigenvalue weighted by atomic mass is 32.2. The maximum atomic E-state index is 13.3. The number of nitrogens with one attached hydrogen (secondary N) is 1. The Morgan fingerprint density at radius 1 is 1.45 bits per heavy atom. The van der Waals surface area contributed by atoms with Gasteiger partial charge in [-0.3, -0.25) is 4.79 Å². The molecule has 20 heavy (non-hydrogen) atoms. The molecule has 0 saturated carbocycles. The summed E-state index contributed by atoms with van der Waals surface area (Å²) in [5.41, 5.74) is 5.16. The second-order valence-electron chi connectivity index (χ2n) is 4.29. The Labute approximate surface area is 117 Å². The number of amides is 1. The molecule has 1 aromatic carbocycles. The van der Waals surface area contributed by atoms with E-state index in [2.05, 4.69) is 5.32 Å². The van der Waals surface area contributed by atoms with Crippen LogP contribution in [0.5, 0.6) is 0 Å². The van der Waals surface area contributed by atoms with Gasteiger partial charge in [0.05, 0.1) is 17.1 Å². The Balaban J connectivity index is 2.87. The van der Waals surface area contributed by atoms with E-state index in [1.807, 2.05) is 6.92 Å². The number of carbonyl (C=O) groups is 1. The predicted molar refractivity (Wildman–Crippen MR) is 73.9 cm³/mol. The fourth-order valence-electron chi connectivity index (χ4n) is 1.46.